The molecule has 7 heteroatoms. The molecule has 1 unspecified atom stereocenters. The topological polar surface area (TPSA) is 66.7 Å². The van der Waals surface area contributed by atoms with E-state index in [9.17, 15) is 8.42 Å². The highest BCUT2D eigenvalue weighted by Gasteiger charge is 2.40. The summed E-state index contributed by atoms with van der Waals surface area (Å²) in [5.74, 6) is 0.667. The molecule has 0 bridgehead atoms. The molecule has 1 aromatic heterocycles. The van der Waals surface area contributed by atoms with Gasteiger partial charge in [-0.1, -0.05) is 11.6 Å². The summed E-state index contributed by atoms with van der Waals surface area (Å²) < 4.78 is 34.0. The molecule has 0 saturated carbocycles. The Kier molecular flexibility index (Phi) is 3.83. The molecule has 3 rings (SSSR count). The van der Waals surface area contributed by atoms with Crippen molar-refractivity contribution >= 4 is 10.2 Å². The Morgan fingerprint density at radius 3 is 2.60 bits per heavy atom. The second kappa shape index (κ2) is 5.46. The van der Waals surface area contributed by atoms with Gasteiger partial charge in [0.05, 0.1) is 11.7 Å². The highest BCUT2D eigenvalue weighted by molar-refractivity contribution is 7.86. The Hall–Kier alpha value is -0.920. The molecule has 2 saturated heterocycles. The minimum atomic E-state index is -3.37. The summed E-state index contributed by atoms with van der Waals surface area (Å²) in [6, 6.07) is 1.65. The lowest BCUT2D eigenvalue weighted by atomic mass is 10.2. The van der Waals surface area contributed by atoms with Gasteiger partial charge in [-0.25, -0.2) is 0 Å². The molecule has 2 fully saturated rings. The molecule has 20 heavy (non-hydrogen) atoms. The first kappa shape index (κ1) is 14.0. The normalized spacial score (nSPS) is 26.1. The van der Waals surface area contributed by atoms with Gasteiger partial charge in [-0.2, -0.15) is 17.0 Å². The van der Waals surface area contributed by atoms with Gasteiger partial charge in [0.1, 0.15) is 0 Å². The van der Waals surface area contributed by atoms with E-state index in [2.05, 4.69) is 5.16 Å². The van der Waals surface area contributed by atoms with E-state index < -0.39 is 10.2 Å². The quantitative estimate of drug-likeness (QED) is 0.854. The average molecular weight is 299 g/mol. The van der Waals surface area contributed by atoms with E-state index in [1.165, 1.54) is 0 Å². The fraction of sp³-hybridized carbons (Fsp3) is 0.769. The Morgan fingerprint density at radius 1 is 1.20 bits per heavy atom. The molecule has 3 heterocycles. The van der Waals surface area contributed by atoms with Gasteiger partial charge in [0.15, 0.2) is 5.76 Å². The van der Waals surface area contributed by atoms with Crippen molar-refractivity contribution in [3.63, 3.8) is 0 Å². The zero-order valence-corrected chi connectivity index (χ0v) is 12.6. The van der Waals surface area contributed by atoms with Gasteiger partial charge in [-0.3, -0.25) is 0 Å². The van der Waals surface area contributed by atoms with Gasteiger partial charge in [0, 0.05) is 25.7 Å². The van der Waals surface area contributed by atoms with E-state index in [0.717, 1.165) is 37.8 Å². The summed E-state index contributed by atoms with van der Waals surface area (Å²) in [6.07, 6.45) is 4.72. The van der Waals surface area contributed by atoms with Crippen molar-refractivity contribution in [2.45, 2.75) is 45.1 Å². The average Bonchev–Trinajstić information content (AvgIpc) is 3.08. The maximum Gasteiger partial charge on any atom is 0.282 e. The standard InChI is InChI=1S/C13H21N3O3S/c1-11-10-13(19-14-11)12-6-5-9-16(12)20(17,18)15-7-3-2-4-8-15/h10,12H,2-9H2,1H3. The third kappa shape index (κ3) is 2.49. The summed E-state index contributed by atoms with van der Waals surface area (Å²) in [7, 11) is -3.37. The third-order valence-electron chi connectivity index (χ3n) is 4.12. The van der Waals surface area contributed by atoms with Crippen molar-refractivity contribution in [3.8, 4) is 0 Å². The zero-order chi connectivity index (χ0) is 14.2. The fourth-order valence-corrected chi connectivity index (χ4v) is 4.99. The van der Waals surface area contributed by atoms with Gasteiger partial charge in [0.25, 0.3) is 10.2 Å². The minimum absolute atomic E-state index is 0.192. The van der Waals surface area contributed by atoms with Crippen LogP contribution in [-0.4, -0.2) is 41.8 Å². The van der Waals surface area contributed by atoms with Crippen LogP contribution in [0.2, 0.25) is 0 Å². The van der Waals surface area contributed by atoms with Crippen LogP contribution in [0.25, 0.3) is 0 Å². The number of nitrogens with zero attached hydrogens (tertiary/aromatic N) is 3. The van der Waals surface area contributed by atoms with Crippen molar-refractivity contribution in [3.05, 3.63) is 17.5 Å². The van der Waals surface area contributed by atoms with E-state index in [0.29, 0.717) is 25.4 Å². The first-order valence-corrected chi connectivity index (χ1v) is 8.69. The highest BCUT2D eigenvalue weighted by Crippen LogP contribution is 2.36. The third-order valence-corrected chi connectivity index (χ3v) is 6.16. The van der Waals surface area contributed by atoms with Gasteiger partial charge in [-0.15, -0.1) is 0 Å². The monoisotopic (exact) mass is 299 g/mol. The van der Waals surface area contributed by atoms with Gasteiger partial charge in [-0.05, 0) is 32.6 Å². The number of rotatable bonds is 3. The Balaban J connectivity index is 1.84. The molecule has 0 spiro atoms. The molecule has 0 aromatic carbocycles. The molecular weight excluding hydrogens is 278 g/mol. The van der Waals surface area contributed by atoms with Gasteiger partial charge < -0.3 is 4.52 Å². The molecule has 0 amide bonds. The molecule has 0 aliphatic carbocycles. The van der Waals surface area contributed by atoms with Crippen LogP contribution in [-0.2, 0) is 10.2 Å². The number of piperidine rings is 1. The van der Waals surface area contributed by atoms with Crippen LogP contribution in [0.3, 0.4) is 0 Å². The Bertz CT molecular complexity index is 563. The smallest absolute Gasteiger partial charge is 0.282 e. The fourth-order valence-electron chi connectivity index (χ4n) is 3.08. The van der Waals surface area contributed by atoms with E-state index in [-0.39, 0.29) is 6.04 Å². The first-order chi connectivity index (χ1) is 9.59. The van der Waals surface area contributed by atoms with Crippen molar-refractivity contribution < 1.29 is 12.9 Å². The lowest BCUT2D eigenvalue weighted by molar-refractivity contribution is 0.265. The largest absolute Gasteiger partial charge is 0.359 e. The SMILES string of the molecule is Cc1cc(C2CCCN2S(=O)(=O)N2CCCCC2)on1. The number of aromatic nitrogens is 1. The summed E-state index contributed by atoms with van der Waals surface area (Å²) in [6.45, 7) is 3.71. The minimum Gasteiger partial charge on any atom is -0.359 e. The predicted octanol–water partition coefficient (Wildman–Crippen LogP) is 1.85. The summed E-state index contributed by atoms with van der Waals surface area (Å²) >= 11 is 0. The maximum absolute atomic E-state index is 12.8. The maximum atomic E-state index is 12.8. The van der Waals surface area contributed by atoms with Gasteiger partial charge >= 0.3 is 0 Å². The molecule has 112 valence electrons. The van der Waals surface area contributed by atoms with Crippen molar-refractivity contribution in [2.75, 3.05) is 19.6 Å². The number of aryl methyl sites for hydroxylation is 1. The molecule has 0 N–H and O–H groups in total. The summed E-state index contributed by atoms with van der Waals surface area (Å²) in [5, 5.41) is 3.88. The summed E-state index contributed by atoms with van der Waals surface area (Å²) in [4.78, 5) is 0. The van der Waals surface area contributed by atoms with Crippen LogP contribution in [0.5, 0.6) is 0 Å². The molecular formula is C13H21N3O3S. The molecule has 2 aliphatic rings. The molecule has 2 aliphatic heterocycles. The molecule has 0 radical (unpaired) electrons. The van der Waals surface area contributed by atoms with E-state index in [1.807, 2.05) is 13.0 Å². The molecule has 1 atom stereocenters. The van der Waals surface area contributed by atoms with E-state index >= 15 is 0 Å². The number of hydrogen-bond donors (Lipinski definition) is 0. The second-order valence-electron chi connectivity index (χ2n) is 5.61. The van der Waals surface area contributed by atoms with Gasteiger partial charge in [0.2, 0.25) is 0 Å². The molecule has 1 aromatic rings. The molecule has 6 nitrogen and oxygen atoms in total. The second-order valence-corrected chi connectivity index (χ2v) is 7.49. The highest BCUT2D eigenvalue weighted by atomic mass is 32.2. The summed E-state index contributed by atoms with van der Waals surface area (Å²) in [5.41, 5.74) is 0.794. The van der Waals surface area contributed by atoms with Crippen LogP contribution >= 0.6 is 0 Å². The van der Waals surface area contributed by atoms with Crippen molar-refractivity contribution in [1.82, 2.24) is 13.8 Å². The lowest BCUT2D eigenvalue weighted by Gasteiger charge is -2.32. The van der Waals surface area contributed by atoms with Crippen LogP contribution in [0.15, 0.2) is 10.6 Å². The van der Waals surface area contributed by atoms with E-state index in [4.69, 9.17) is 4.52 Å². The van der Waals surface area contributed by atoms with Crippen LogP contribution in [0, 0.1) is 6.92 Å². The van der Waals surface area contributed by atoms with Crippen LogP contribution in [0.1, 0.15) is 49.6 Å². The van der Waals surface area contributed by atoms with Crippen molar-refractivity contribution in [1.29, 1.82) is 0 Å². The predicted molar refractivity (Wildman–Crippen MR) is 74.3 cm³/mol. The van der Waals surface area contributed by atoms with Crippen LogP contribution < -0.4 is 0 Å². The Morgan fingerprint density at radius 2 is 1.95 bits per heavy atom. The Labute approximate surface area is 119 Å². The van der Waals surface area contributed by atoms with Crippen LogP contribution in [0.4, 0.5) is 0 Å². The first-order valence-electron chi connectivity index (χ1n) is 7.29. The lowest BCUT2D eigenvalue weighted by Crippen LogP contribution is -2.45. The van der Waals surface area contributed by atoms with E-state index in [1.54, 1.807) is 8.61 Å². The van der Waals surface area contributed by atoms with Crippen molar-refractivity contribution in [2.24, 2.45) is 0 Å². The number of hydrogen-bond acceptors (Lipinski definition) is 4. The zero-order valence-electron chi connectivity index (χ0n) is 11.8.